The molecule has 0 aliphatic heterocycles. The molecule has 1 aromatic carbocycles. The smallest absolute Gasteiger partial charge is 0.0739 e. The Morgan fingerprint density at radius 1 is 1.45 bits per heavy atom. The number of hydrogen-bond acceptors (Lipinski definition) is 3. The summed E-state index contributed by atoms with van der Waals surface area (Å²) in [6, 6.07) is 5.50. The molecule has 1 heterocycles. The van der Waals surface area contributed by atoms with Crippen molar-refractivity contribution in [1.29, 1.82) is 0 Å². The molecule has 0 bridgehead atoms. The second kappa shape index (κ2) is 6.06. The predicted molar refractivity (Wildman–Crippen MR) is 88.3 cm³/mol. The number of halogens is 2. The lowest BCUT2D eigenvalue weighted by Gasteiger charge is -2.22. The number of nitrogen functional groups attached to an aromatic ring is 1. The van der Waals surface area contributed by atoms with Crippen LogP contribution in [0.1, 0.15) is 18.3 Å². The van der Waals surface area contributed by atoms with Crippen molar-refractivity contribution in [2.24, 2.45) is 0 Å². The summed E-state index contributed by atoms with van der Waals surface area (Å²) in [6.45, 7) is 5.62. The van der Waals surface area contributed by atoms with E-state index in [2.05, 4.69) is 32.9 Å². The van der Waals surface area contributed by atoms with Crippen LogP contribution in [-0.2, 0) is 13.1 Å². The molecule has 0 aliphatic rings. The lowest BCUT2D eigenvalue weighted by Crippen LogP contribution is -2.20. The van der Waals surface area contributed by atoms with E-state index < -0.39 is 0 Å². The van der Waals surface area contributed by atoms with Gasteiger partial charge in [0.1, 0.15) is 0 Å². The SMILES string of the molecule is CCn1nc(C)c(Br)c1CN(C)c1cc(Cl)ccc1N. The van der Waals surface area contributed by atoms with Gasteiger partial charge in [-0.1, -0.05) is 11.6 Å². The zero-order valence-electron chi connectivity index (χ0n) is 11.8. The Morgan fingerprint density at radius 3 is 2.80 bits per heavy atom. The van der Waals surface area contributed by atoms with Gasteiger partial charge < -0.3 is 10.6 Å². The fourth-order valence-electron chi connectivity index (χ4n) is 2.18. The molecular weight excluding hydrogens is 340 g/mol. The molecule has 2 rings (SSSR count). The van der Waals surface area contributed by atoms with Crippen LogP contribution in [0.15, 0.2) is 22.7 Å². The second-order valence-electron chi connectivity index (χ2n) is 4.72. The normalized spacial score (nSPS) is 10.8. The van der Waals surface area contributed by atoms with Gasteiger partial charge in [0.2, 0.25) is 0 Å². The maximum atomic E-state index is 6.05. The van der Waals surface area contributed by atoms with E-state index in [0.717, 1.165) is 28.1 Å². The lowest BCUT2D eigenvalue weighted by molar-refractivity contribution is 0.612. The van der Waals surface area contributed by atoms with Gasteiger partial charge in [-0.15, -0.1) is 0 Å². The highest BCUT2D eigenvalue weighted by Gasteiger charge is 2.15. The highest BCUT2D eigenvalue weighted by atomic mass is 79.9. The van der Waals surface area contributed by atoms with Crippen LogP contribution < -0.4 is 10.6 Å². The van der Waals surface area contributed by atoms with Crippen LogP contribution in [0.3, 0.4) is 0 Å². The number of anilines is 2. The van der Waals surface area contributed by atoms with E-state index in [-0.39, 0.29) is 0 Å². The summed E-state index contributed by atoms with van der Waals surface area (Å²) in [5, 5.41) is 5.18. The molecule has 1 aromatic heterocycles. The van der Waals surface area contributed by atoms with E-state index in [1.54, 1.807) is 6.07 Å². The molecule has 0 aliphatic carbocycles. The molecule has 20 heavy (non-hydrogen) atoms. The first-order valence-electron chi connectivity index (χ1n) is 6.42. The van der Waals surface area contributed by atoms with E-state index in [1.807, 2.05) is 30.8 Å². The number of nitrogens with two attached hydrogens (primary N) is 1. The first-order valence-corrected chi connectivity index (χ1v) is 7.59. The summed E-state index contributed by atoms with van der Waals surface area (Å²) >= 11 is 9.66. The van der Waals surface area contributed by atoms with Gasteiger partial charge in [0, 0.05) is 18.6 Å². The zero-order valence-corrected chi connectivity index (χ0v) is 14.2. The molecule has 0 spiro atoms. The third-order valence-corrected chi connectivity index (χ3v) is 4.51. The Kier molecular flexibility index (Phi) is 4.60. The second-order valence-corrected chi connectivity index (χ2v) is 5.95. The molecule has 0 amide bonds. The van der Waals surface area contributed by atoms with E-state index in [9.17, 15) is 0 Å². The molecule has 0 saturated heterocycles. The topological polar surface area (TPSA) is 47.1 Å². The summed E-state index contributed by atoms with van der Waals surface area (Å²) in [7, 11) is 2.00. The summed E-state index contributed by atoms with van der Waals surface area (Å²) in [5.41, 5.74) is 9.79. The molecule has 2 aromatic rings. The van der Waals surface area contributed by atoms with Crippen molar-refractivity contribution >= 4 is 38.9 Å². The Bertz CT molecular complexity index is 624. The third-order valence-electron chi connectivity index (χ3n) is 3.24. The average Bonchev–Trinajstić information content (AvgIpc) is 2.69. The molecule has 0 fully saturated rings. The maximum absolute atomic E-state index is 6.05. The lowest BCUT2D eigenvalue weighted by atomic mass is 10.2. The standard InChI is InChI=1S/C14H18BrClN4/c1-4-20-13(14(15)9(2)18-20)8-19(3)12-7-10(16)5-6-11(12)17/h5-7H,4,8,17H2,1-3H3. The Balaban J connectivity index is 2.32. The van der Waals surface area contributed by atoms with Crippen LogP contribution in [0, 0.1) is 6.92 Å². The van der Waals surface area contributed by atoms with Crippen LogP contribution in [0.25, 0.3) is 0 Å². The van der Waals surface area contributed by atoms with Gasteiger partial charge in [-0.3, -0.25) is 4.68 Å². The zero-order chi connectivity index (χ0) is 14.9. The van der Waals surface area contributed by atoms with Gasteiger partial charge in [-0.25, -0.2) is 0 Å². The van der Waals surface area contributed by atoms with Crippen LogP contribution in [0.4, 0.5) is 11.4 Å². The third kappa shape index (κ3) is 2.94. The van der Waals surface area contributed by atoms with E-state index in [0.29, 0.717) is 17.3 Å². The molecule has 2 N–H and O–H groups in total. The number of aryl methyl sites for hydroxylation is 2. The predicted octanol–water partition coefficient (Wildman–Crippen LogP) is 3.85. The van der Waals surface area contributed by atoms with Crippen molar-refractivity contribution in [3.05, 3.63) is 39.1 Å². The van der Waals surface area contributed by atoms with E-state index in [1.165, 1.54) is 0 Å². The van der Waals surface area contributed by atoms with Crippen molar-refractivity contribution in [3.8, 4) is 0 Å². The number of aromatic nitrogens is 2. The first-order chi connectivity index (χ1) is 9.43. The van der Waals surface area contributed by atoms with Crippen LogP contribution in [-0.4, -0.2) is 16.8 Å². The molecule has 0 unspecified atom stereocenters. The van der Waals surface area contributed by atoms with Crippen LogP contribution >= 0.6 is 27.5 Å². The minimum Gasteiger partial charge on any atom is -0.397 e. The fourth-order valence-corrected chi connectivity index (χ4v) is 2.75. The van der Waals surface area contributed by atoms with Gasteiger partial charge in [0.15, 0.2) is 0 Å². The Hall–Kier alpha value is -1.20. The number of nitrogens with zero attached hydrogens (tertiary/aromatic N) is 3. The fraction of sp³-hybridized carbons (Fsp3) is 0.357. The molecule has 108 valence electrons. The number of hydrogen-bond donors (Lipinski definition) is 1. The minimum absolute atomic E-state index is 0.681. The number of benzene rings is 1. The minimum atomic E-state index is 0.681. The molecule has 0 atom stereocenters. The summed E-state index contributed by atoms with van der Waals surface area (Å²) in [4.78, 5) is 2.08. The van der Waals surface area contributed by atoms with Gasteiger partial charge in [0.05, 0.1) is 33.8 Å². The van der Waals surface area contributed by atoms with E-state index >= 15 is 0 Å². The van der Waals surface area contributed by atoms with Crippen molar-refractivity contribution in [1.82, 2.24) is 9.78 Å². The van der Waals surface area contributed by atoms with Crippen molar-refractivity contribution in [2.45, 2.75) is 26.9 Å². The van der Waals surface area contributed by atoms with Gasteiger partial charge >= 0.3 is 0 Å². The first kappa shape index (κ1) is 15.2. The van der Waals surface area contributed by atoms with Crippen LogP contribution in [0.2, 0.25) is 5.02 Å². The largest absolute Gasteiger partial charge is 0.397 e. The summed E-state index contributed by atoms with van der Waals surface area (Å²) in [5.74, 6) is 0. The monoisotopic (exact) mass is 356 g/mol. The molecule has 0 radical (unpaired) electrons. The van der Waals surface area contributed by atoms with E-state index in [4.69, 9.17) is 17.3 Å². The highest BCUT2D eigenvalue weighted by Crippen LogP contribution is 2.29. The highest BCUT2D eigenvalue weighted by molar-refractivity contribution is 9.10. The van der Waals surface area contributed by atoms with Gasteiger partial charge in [-0.2, -0.15) is 5.10 Å². The maximum Gasteiger partial charge on any atom is 0.0739 e. The molecule has 4 nitrogen and oxygen atoms in total. The van der Waals surface area contributed by atoms with Crippen molar-refractivity contribution < 1.29 is 0 Å². The van der Waals surface area contributed by atoms with Gasteiger partial charge in [-0.05, 0) is 48.0 Å². The molecule has 6 heteroatoms. The summed E-state index contributed by atoms with van der Waals surface area (Å²) < 4.78 is 3.04. The molecule has 0 saturated carbocycles. The van der Waals surface area contributed by atoms with Crippen molar-refractivity contribution in [2.75, 3.05) is 17.7 Å². The quantitative estimate of drug-likeness (QED) is 0.846. The summed E-state index contributed by atoms with van der Waals surface area (Å²) in [6.07, 6.45) is 0. The van der Waals surface area contributed by atoms with Gasteiger partial charge in [0.25, 0.3) is 0 Å². The van der Waals surface area contributed by atoms with Crippen LogP contribution in [0.5, 0.6) is 0 Å². The Labute approximate surface area is 132 Å². The van der Waals surface area contributed by atoms with Crippen molar-refractivity contribution in [3.63, 3.8) is 0 Å². The molecular formula is C14H18BrClN4. The Morgan fingerprint density at radius 2 is 2.15 bits per heavy atom. The number of rotatable bonds is 4. The average molecular weight is 358 g/mol.